The first-order valence-electron chi connectivity index (χ1n) is 8.69. The molecule has 3 rings (SSSR count). The van der Waals surface area contributed by atoms with Gasteiger partial charge in [0.05, 0.1) is 18.6 Å². The van der Waals surface area contributed by atoms with Crippen molar-refractivity contribution in [2.45, 2.75) is 32.4 Å². The molecule has 1 aliphatic heterocycles. The van der Waals surface area contributed by atoms with Crippen LogP contribution < -0.4 is 10.6 Å². The second-order valence-electron chi connectivity index (χ2n) is 5.93. The molecule has 3 heterocycles. The van der Waals surface area contributed by atoms with Gasteiger partial charge < -0.3 is 19.5 Å². The highest BCUT2D eigenvalue weighted by Gasteiger charge is 2.25. The molecule has 25 heavy (non-hydrogen) atoms. The summed E-state index contributed by atoms with van der Waals surface area (Å²) in [6.45, 7) is 6.41. The van der Waals surface area contributed by atoms with Gasteiger partial charge in [0.15, 0.2) is 5.96 Å². The molecule has 0 radical (unpaired) electrons. The van der Waals surface area contributed by atoms with Crippen LogP contribution in [0.1, 0.15) is 37.3 Å². The minimum Gasteiger partial charge on any atom is -0.468 e. The number of rotatable bonds is 7. The number of guanidine groups is 1. The summed E-state index contributed by atoms with van der Waals surface area (Å²) in [6.07, 6.45) is 5.92. The average molecular weight is 458 g/mol. The van der Waals surface area contributed by atoms with Gasteiger partial charge in [-0.05, 0) is 57.1 Å². The molecule has 1 unspecified atom stereocenters. The maximum atomic E-state index is 5.66. The molecule has 0 aliphatic carbocycles. The summed E-state index contributed by atoms with van der Waals surface area (Å²) in [5.41, 5.74) is 0. The van der Waals surface area contributed by atoms with Crippen LogP contribution >= 0.6 is 24.0 Å². The van der Waals surface area contributed by atoms with Gasteiger partial charge in [-0.25, -0.2) is 4.99 Å². The minimum absolute atomic E-state index is 0. The van der Waals surface area contributed by atoms with Crippen molar-refractivity contribution >= 4 is 29.9 Å². The fourth-order valence-corrected chi connectivity index (χ4v) is 3.04. The van der Waals surface area contributed by atoms with Crippen LogP contribution in [-0.2, 0) is 6.54 Å². The molecule has 7 heteroatoms. The van der Waals surface area contributed by atoms with E-state index in [-0.39, 0.29) is 30.0 Å². The van der Waals surface area contributed by atoms with Crippen LogP contribution in [0.2, 0.25) is 0 Å². The number of hydrogen-bond donors (Lipinski definition) is 2. The van der Waals surface area contributed by atoms with E-state index in [0.717, 1.165) is 43.7 Å². The van der Waals surface area contributed by atoms with Crippen molar-refractivity contribution in [2.75, 3.05) is 26.2 Å². The fraction of sp³-hybridized carbons (Fsp3) is 0.500. The Hall–Kier alpha value is -1.48. The Labute approximate surface area is 166 Å². The molecular formula is C18H27IN4O2. The maximum absolute atomic E-state index is 5.66. The normalized spacial score (nSPS) is 16.4. The van der Waals surface area contributed by atoms with Gasteiger partial charge in [0.2, 0.25) is 0 Å². The summed E-state index contributed by atoms with van der Waals surface area (Å²) in [7, 11) is 0. The van der Waals surface area contributed by atoms with Gasteiger partial charge in [-0.1, -0.05) is 0 Å². The van der Waals surface area contributed by atoms with Crippen molar-refractivity contribution in [1.29, 1.82) is 0 Å². The van der Waals surface area contributed by atoms with Crippen LogP contribution in [0.4, 0.5) is 0 Å². The van der Waals surface area contributed by atoms with Gasteiger partial charge in [-0.3, -0.25) is 4.90 Å². The third-order valence-electron chi connectivity index (χ3n) is 4.23. The van der Waals surface area contributed by atoms with Crippen LogP contribution in [0.5, 0.6) is 0 Å². The second kappa shape index (κ2) is 10.5. The Morgan fingerprint density at radius 1 is 1.16 bits per heavy atom. The number of hydrogen-bond acceptors (Lipinski definition) is 4. The van der Waals surface area contributed by atoms with Crippen molar-refractivity contribution in [3.63, 3.8) is 0 Å². The predicted molar refractivity (Wildman–Crippen MR) is 109 cm³/mol. The summed E-state index contributed by atoms with van der Waals surface area (Å²) in [5.74, 6) is 2.66. The van der Waals surface area contributed by atoms with Gasteiger partial charge in [0.25, 0.3) is 0 Å². The van der Waals surface area contributed by atoms with Crippen LogP contribution in [-0.4, -0.2) is 37.0 Å². The smallest absolute Gasteiger partial charge is 0.191 e. The minimum atomic E-state index is 0. The maximum Gasteiger partial charge on any atom is 0.191 e. The largest absolute Gasteiger partial charge is 0.468 e. The Bertz CT molecular complexity index is 607. The summed E-state index contributed by atoms with van der Waals surface area (Å²) < 4.78 is 11.0. The molecule has 1 saturated heterocycles. The van der Waals surface area contributed by atoms with E-state index in [2.05, 4.69) is 33.5 Å². The summed E-state index contributed by atoms with van der Waals surface area (Å²) >= 11 is 0. The number of halogens is 1. The van der Waals surface area contributed by atoms with E-state index in [0.29, 0.717) is 6.54 Å². The van der Waals surface area contributed by atoms with Crippen molar-refractivity contribution in [1.82, 2.24) is 15.5 Å². The van der Waals surface area contributed by atoms with E-state index in [9.17, 15) is 0 Å². The molecule has 2 aromatic heterocycles. The number of aliphatic imine (C=N–C) groups is 1. The monoisotopic (exact) mass is 458 g/mol. The highest BCUT2D eigenvalue weighted by molar-refractivity contribution is 14.0. The van der Waals surface area contributed by atoms with Crippen molar-refractivity contribution in [3.8, 4) is 0 Å². The van der Waals surface area contributed by atoms with E-state index >= 15 is 0 Å². The Morgan fingerprint density at radius 2 is 1.92 bits per heavy atom. The van der Waals surface area contributed by atoms with E-state index in [1.165, 1.54) is 12.8 Å². The molecule has 0 aromatic carbocycles. The predicted octanol–water partition coefficient (Wildman–Crippen LogP) is 3.38. The standard InChI is InChI=1S/C18H26N4O2.HI/c1-2-19-18(20-13-15-7-5-11-23-15)21-14-16(17-8-6-12-24-17)22-9-3-4-10-22;/h5-8,11-12,16H,2-4,9-10,13-14H2,1H3,(H2,19,20,21);1H. The molecule has 1 atom stereocenters. The lowest BCUT2D eigenvalue weighted by atomic mass is 10.2. The van der Waals surface area contributed by atoms with Crippen molar-refractivity contribution in [2.24, 2.45) is 4.99 Å². The molecule has 1 aliphatic rings. The summed E-state index contributed by atoms with van der Waals surface area (Å²) in [5, 5.41) is 6.73. The zero-order chi connectivity index (χ0) is 16.6. The topological polar surface area (TPSA) is 65.9 Å². The van der Waals surface area contributed by atoms with E-state index in [1.54, 1.807) is 12.5 Å². The highest BCUT2D eigenvalue weighted by Crippen LogP contribution is 2.24. The first-order valence-corrected chi connectivity index (χ1v) is 8.69. The molecule has 1 fully saturated rings. The summed E-state index contributed by atoms with van der Waals surface area (Å²) in [6, 6.07) is 8.05. The second-order valence-corrected chi connectivity index (χ2v) is 5.93. The van der Waals surface area contributed by atoms with Crippen LogP contribution in [0.3, 0.4) is 0 Å². The van der Waals surface area contributed by atoms with E-state index in [4.69, 9.17) is 8.83 Å². The average Bonchev–Trinajstić information content (AvgIpc) is 3.35. The van der Waals surface area contributed by atoms with Gasteiger partial charge in [0.1, 0.15) is 18.1 Å². The molecule has 0 bridgehead atoms. The van der Waals surface area contributed by atoms with Crippen LogP contribution in [0, 0.1) is 0 Å². The Balaban J connectivity index is 0.00000225. The third kappa shape index (κ3) is 5.78. The van der Waals surface area contributed by atoms with Crippen LogP contribution in [0.15, 0.2) is 50.6 Å². The number of likely N-dealkylation sites (tertiary alicyclic amines) is 1. The molecule has 2 N–H and O–H groups in total. The van der Waals surface area contributed by atoms with Crippen molar-refractivity contribution < 1.29 is 8.83 Å². The first-order chi connectivity index (χ1) is 11.9. The van der Waals surface area contributed by atoms with E-state index < -0.39 is 0 Å². The molecule has 138 valence electrons. The van der Waals surface area contributed by atoms with Gasteiger partial charge >= 0.3 is 0 Å². The highest BCUT2D eigenvalue weighted by atomic mass is 127. The van der Waals surface area contributed by atoms with Crippen molar-refractivity contribution in [3.05, 3.63) is 48.3 Å². The van der Waals surface area contributed by atoms with Crippen LogP contribution in [0.25, 0.3) is 0 Å². The first kappa shape index (κ1) is 19.8. The number of nitrogens with one attached hydrogen (secondary N) is 2. The quantitative estimate of drug-likeness (QED) is 0.379. The lowest BCUT2D eigenvalue weighted by molar-refractivity contribution is 0.215. The zero-order valence-corrected chi connectivity index (χ0v) is 16.9. The van der Waals surface area contributed by atoms with Gasteiger partial charge in [0, 0.05) is 13.1 Å². The SMILES string of the molecule is CCNC(=NCc1ccco1)NCC(c1ccco1)N1CCCC1.I. The van der Waals surface area contributed by atoms with Gasteiger partial charge in [-0.2, -0.15) is 0 Å². The Kier molecular flexibility index (Phi) is 8.33. The fourth-order valence-electron chi connectivity index (χ4n) is 3.04. The number of nitrogens with zero attached hydrogens (tertiary/aromatic N) is 2. The summed E-state index contributed by atoms with van der Waals surface area (Å²) in [4.78, 5) is 7.06. The third-order valence-corrected chi connectivity index (χ3v) is 4.23. The molecule has 0 saturated carbocycles. The zero-order valence-electron chi connectivity index (χ0n) is 14.6. The Morgan fingerprint density at radius 3 is 2.56 bits per heavy atom. The lowest BCUT2D eigenvalue weighted by Gasteiger charge is -2.26. The molecular weight excluding hydrogens is 431 g/mol. The van der Waals surface area contributed by atoms with Gasteiger partial charge in [-0.15, -0.1) is 24.0 Å². The molecule has 0 spiro atoms. The lowest BCUT2D eigenvalue weighted by Crippen LogP contribution is -2.42. The molecule has 6 nitrogen and oxygen atoms in total. The molecule has 0 amide bonds. The number of furan rings is 2. The molecule has 2 aromatic rings. The van der Waals surface area contributed by atoms with E-state index in [1.807, 2.05) is 18.2 Å².